The lowest BCUT2D eigenvalue weighted by atomic mass is 10.5. The number of aliphatic carboxylic acids is 2. The monoisotopic (exact) mass is 157 g/mol. The summed E-state index contributed by atoms with van der Waals surface area (Å²) in [6.45, 7) is 3.10. The summed E-state index contributed by atoms with van der Waals surface area (Å²) in [6.07, 6.45) is 1.76. The number of carboxylic acids is 2. The van der Waals surface area contributed by atoms with Crippen LogP contribution in [0.4, 0.5) is 0 Å². The Balaban J connectivity index is 3.80. The standard InChI is InChI=1S/C6H7NO4/c1-4(6(10)11)7-3-2-5(8)9/h2-3,7H,1H2,(H,8,9)(H,10,11). The normalized spacial score (nSPS) is 9.45. The van der Waals surface area contributed by atoms with Crippen LogP contribution in [0.25, 0.3) is 0 Å². The summed E-state index contributed by atoms with van der Waals surface area (Å²) in [7, 11) is 0. The van der Waals surface area contributed by atoms with Crippen LogP contribution in [-0.4, -0.2) is 22.2 Å². The number of hydrogen-bond donors (Lipinski definition) is 3. The van der Waals surface area contributed by atoms with Gasteiger partial charge in [0.15, 0.2) is 0 Å². The van der Waals surface area contributed by atoms with Crippen LogP contribution in [0.15, 0.2) is 24.6 Å². The molecule has 0 unspecified atom stereocenters. The molecule has 0 rings (SSSR count). The molecule has 0 bridgehead atoms. The van der Waals surface area contributed by atoms with E-state index < -0.39 is 11.9 Å². The molecule has 0 saturated carbocycles. The molecular weight excluding hydrogens is 150 g/mol. The van der Waals surface area contributed by atoms with Crippen LogP contribution in [0.3, 0.4) is 0 Å². The van der Waals surface area contributed by atoms with E-state index in [0.29, 0.717) is 0 Å². The average molecular weight is 157 g/mol. The molecule has 11 heavy (non-hydrogen) atoms. The van der Waals surface area contributed by atoms with Gasteiger partial charge in [-0.2, -0.15) is 0 Å². The van der Waals surface area contributed by atoms with Gasteiger partial charge in [0.05, 0.1) is 0 Å². The number of nitrogens with one attached hydrogen (secondary N) is 1. The Bertz CT molecular complexity index is 219. The van der Waals surface area contributed by atoms with E-state index in [1.165, 1.54) is 0 Å². The maximum atomic E-state index is 10.0. The highest BCUT2D eigenvalue weighted by molar-refractivity contribution is 5.85. The summed E-state index contributed by atoms with van der Waals surface area (Å²) in [5, 5.41) is 18.4. The van der Waals surface area contributed by atoms with Crippen LogP contribution in [0.2, 0.25) is 0 Å². The van der Waals surface area contributed by atoms with Gasteiger partial charge in [0.1, 0.15) is 5.70 Å². The third-order valence-electron chi connectivity index (χ3n) is 0.742. The zero-order valence-electron chi connectivity index (χ0n) is 5.57. The van der Waals surface area contributed by atoms with Crippen molar-refractivity contribution in [2.45, 2.75) is 0 Å². The fraction of sp³-hybridized carbons (Fsp3) is 0. The fourth-order valence-electron chi connectivity index (χ4n) is 0.275. The predicted molar refractivity (Wildman–Crippen MR) is 36.7 cm³/mol. The second kappa shape index (κ2) is 4.10. The quantitative estimate of drug-likeness (QED) is 0.491. The first kappa shape index (κ1) is 9.22. The van der Waals surface area contributed by atoms with Crippen LogP contribution in [0.5, 0.6) is 0 Å². The van der Waals surface area contributed by atoms with Gasteiger partial charge in [-0.3, -0.25) is 0 Å². The van der Waals surface area contributed by atoms with Crippen LogP contribution < -0.4 is 5.32 Å². The van der Waals surface area contributed by atoms with E-state index in [2.05, 4.69) is 11.9 Å². The zero-order valence-corrected chi connectivity index (χ0v) is 5.57. The fourth-order valence-corrected chi connectivity index (χ4v) is 0.275. The van der Waals surface area contributed by atoms with Crippen molar-refractivity contribution in [3.8, 4) is 0 Å². The second-order valence-electron chi connectivity index (χ2n) is 1.60. The van der Waals surface area contributed by atoms with Crippen molar-refractivity contribution in [1.82, 2.24) is 5.32 Å². The lowest BCUT2D eigenvalue weighted by Gasteiger charge is -1.95. The van der Waals surface area contributed by atoms with Crippen molar-refractivity contribution < 1.29 is 19.8 Å². The third-order valence-corrected chi connectivity index (χ3v) is 0.742. The molecule has 0 aromatic carbocycles. The molecule has 0 amide bonds. The highest BCUT2D eigenvalue weighted by Crippen LogP contribution is 1.82. The van der Waals surface area contributed by atoms with Gasteiger partial charge in [-0.1, -0.05) is 6.58 Å². The van der Waals surface area contributed by atoms with Gasteiger partial charge < -0.3 is 15.5 Å². The number of rotatable bonds is 4. The van der Waals surface area contributed by atoms with Crippen LogP contribution >= 0.6 is 0 Å². The van der Waals surface area contributed by atoms with E-state index in [9.17, 15) is 9.59 Å². The van der Waals surface area contributed by atoms with E-state index in [1.54, 1.807) is 0 Å². The minimum absolute atomic E-state index is 0.275. The highest BCUT2D eigenvalue weighted by atomic mass is 16.4. The largest absolute Gasteiger partial charge is 0.478 e. The second-order valence-corrected chi connectivity index (χ2v) is 1.60. The maximum absolute atomic E-state index is 10.0. The Morgan fingerprint density at radius 1 is 1.36 bits per heavy atom. The molecule has 60 valence electrons. The van der Waals surface area contributed by atoms with Crippen LogP contribution in [-0.2, 0) is 9.59 Å². The Hall–Kier alpha value is -1.78. The van der Waals surface area contributed by atoms with Crippen molar-refractivity contribution in [3.63, 3.8) is 0 Å². The number of carbonyl (C=O) groups is 2. The molecule has 0 heterocycles. The average Bonchev–Trinajstić information content (AvgIpc) is 1.86. The van der Waals surface area contributed by atoms with E-state index in [1.807, 2.05) is 0 Å². The SMILES string of the molecule is C=C(NC=CC(=O)O)C(=O)O. The maximum Gasteiger partial charge on any atom is 0.351 e. The Labute approximate surface area is 62.6 Å². The molecule has 0 atom stereocenters. The van der Waals surface area contributed by atoms with Gasteiger partial charge in [0, 0.05) is 12.3 Å². The zero-order chi connectivity index (χ0) is 8.85. The van der Waals surface area contributed by atoms with Gasteiger partial charge in [0.25, 0.3) is 0 Å². The first-order chi connectivity index (χ1) is 5.04. The molecule has 0 aliphatic carbocycles. The molecule has 0 saturated heterocycles. The molecule has 5 nitrogen and oxygen atoms in total. The third kappa shape index (κ3) is 4.71. The summed E-state index contributed by atoms with van der Waals surface area (Å²) in [5.41, 5.74) is -0.275. The molecule has 0 radical (unpaired) electrons. The summed E-state index contributed by atoms with van der Waals surface area (Å²) < 4.78 is 0. The van der Waals surface area contributed by atoms with Gasteiger partial charge in [0.2, 0.25) is 0 Å². The van der Waals surface area contributed by atoms with E-state index in [0.717, 1.165) is 12.3 Å². The van der Waals surface area contributed by atoms with Gasteiger partial charge in [-0.05, 0) is 0 Å². The van der Waals surface area contributed by atoms with Crippen molar-refractivity contribution in [2.24, 2.45) is 0 Å². The Kier molecular flexibility index (Phi) is 3.44. The topological polar surface area (TPSA) is 86.6 Å². The first-order valence-corrected chi connectivity index (χ1v) is 2.62. The molecule has 3 N–H and O–H groups in total. The van der Waals surface area contributed by atoms with Crippen molar-refractivity contribution in [1.29, 1.82) is 0 Å². The molecule has 0 aromatic rings. The van der Waals surface area contributed by atoms with Gasteiger partial charge in [-0.15, -0.1) is 0 Å². The molecular formula is C6H7NO4. The Morgan fingerprint density at radius 3 is 2.27 bits per heavy atom. The molecule has 0 fully saturated rings. The number of carboxylic acid groups (broad SMARTS) is 2. The molecule has 0 aliphatic rings. The van der Waals surface area contributed by atoms with E-state index in [-0.39, 0.29) is 5.70 Å². The summed E-state index contributed by atoms with van der Waals surface area (Å²) in [6, 6.07) is 0. The summed E-state index contributed by atoms with van der Waals surface area (Å²) in [5.74, 6) is -2.38. The van der Waals surface area contributed by atoms with Crippen LogP contribution in [0.1, 0.15) is 0 Å². The van der Waals surface area contributed by atoms with Gasteiger partial charge in [-0.25, -0.2) is 9.59 Å². The van der Waals surface area contributed by atoms with E-state index >= 15 is 0 Å². The lowest BCUT2D eigenvalue weighted by Crippen LogP contribution is -2.13. The number of hydrogen-bond acceptors (Lipinski definition) is 3. The molecule has 0 spiro atoms. The highest BCUT2D eigenvalue weighted by Gasteiger charge is 1.98. The minimum Gasteiger partial charge on any atom is -0.478 e. The smallest absolute Gasteiger partial charge is 0.351 e. The van der Waals surface area contributed by atoms with Crippen molar-refractivity contribution >= 4 is 11.9 Å². The molecule has 0 aromatic heterocycles. The molecule has 0 aliphatic heterocycles. The predicted octanol–water partition coefficient (Wildman–Crippen LogP) is -0.227. The van der Waals surface area contributed by atoms with E-state index in [4.69, 9.17) is 10.2 Å². The first-order valence-electron chi connectivity index (χ1n) is 2.62. The van der Waals surface area contributed by atoms with Crippen LogP contribution in [0, 0.1) is 0 Å². The lowest BCUT2D eigenvalue weighted by molar-refractivity contribution is -0.133. The minimum atomic E-state index is -1.22. The van der Waals surface area contributed by atoms with Crippen molar-refractivity contribution in [2.75, 3.05) is 0 Å². The molecule has 5 heteroatoms. The summed E-state index contributed by atoms with van der Waals surface area (Å²) in [4.78, 5) is 19.9. The van der Waals surface area contributed by atoms with Crippen molar-refractivity contribution in [3.05, 3.63) is 24.6 Å². The summed E-state index contributed by atoms with van der Waals surface area (Å²) >= 11 is 0. The van der Waals surface area contributed by atoms with Gasteiger partial charge >= 0.3 is 11.9 Å². The Morgan fingerprint density at radius 2 is 1.91 bits per heavy atom.